The Morgan fingerprint density at radius 1 is 1.16 bits per heavy atom. The molecule has 15 heteroatoms. The summed E-state index contributed by atoms with van der Waals surface area (Å²) in [5.74, 6) is 0.311. The molecule has 1 aromatic heterocycles. The fourth-order valence-corrected chi connectivity index (χ4v) is 7.62. The van der Waals surface area contributed by atoms with Gasteiger partial charge < -0.3 is 24.0 Å². The third-order valence-electron chi connectivity index (χ3n) is 7.61. The van der Waals surface area contributed by atoms with Crippen LogP contribution in [0.3, 0.4) is 0 Å². The summed E-state index contributed by atoms with van der Waals surface area (Å²) in [5, 5.41) is 13.6. The largest absolute Gasteiger partial charge is 0.497 e. The minimum absolute atomic E-state index is 0.0507. The van der Waals surface area contributed by atoms with Gasteiger partial charge in [0.25, 0.3) is 10.0 Å². The van der Waals surface area contributed by atoms with E-state index in [9.17, 15) is 26.7 Å². The minimum atomic E-state index is -4.06. The number of aryl methyl sites for hydroxylation is 2. The van der Waals surface area contributed by atoms with E-state index in [2.05, 4.69) is 9.88 Å². The van der Waals surface area contributed by atoms with Crippen molar-refractivity contribution in [1.29, 1.82) is 0 Å². The Kier molecular flexibility index (Phi) is 9.93. The standard InChI is InChI=1S/C29H38N4O9S2/c1-18-15-33(19(2)17-34)28(35)14-22-13-23(31-43(36,37)29-20(3)30-42-21(29)4)7-12-26(22)41-27(18)16-32(5)44(38,39)25-10-8-24(40-6)9-11-25/h7-13,18-19,27,31,34H,14-17H2,1-6H3/t18-,19-,27+/m0/s1. The van der Waals surface area contributed by atoms with Crippen molar-refractivity contribution < 1.29 is 40.7 Å². The van der Waals surface area contributed by atoms with Crippen molar-refractivity contribution in [3.8, 4) is 11.5 Å². The van der Waals surface area contributed by atoms with Crippen LogP contribution in [0.1, 0.15) is 30.9 Å². The highest BCUT2D eigenvalue weighted by atomic mass is 32.2. The average molecular weight is 651 g/mol. The number of carbonyl (C=O) groups is 1. The number of benzene rings is 2. The van der Waals surface area contributed by atoms with Crippen molar-refractivity contribution >= 4 is 31.6 Å². The van der Waals surface area contributed by atoms with Gasteiger partial charge in [-0.1, -0.05) is 12.1 Å². The number of methoxy groups -OCH3 is 1. The van der Waals surface area contributed by atoms with Crippen molar-refractivity contribution in [2.24, 2.45) is 5.92 Å². The molecular formula is C29H38N4O9S2. The zero-order valence-electron chi connectivity index (χ0n) is 25.5. The van der Waals surface area contributed by atoms with Crippen LogP contribution < -0.4 is 14.2 Å². The molecule has 0 saturated heterocycles. The van der Waals surface area contributed by atoms with Crippen LogP contribution in [0.25, 0.3) is 0 Å². The molecule has 0 bridgehead atoms. The summed E-state index contributed by atoms with van der Waals surface area (Å²) in [6.45, 7) is 6.44. The first-order chi connectivity index (χ1) is 20.7. The number of sulfonamides is 2. The highest BCUT2D eigenvalue weighted by Crippen LogP contribution is 2.31. The lowest BCUT2D eigenvalue weighted by Gasteiger charge is -2.33. The van der Waals surface area contributed by atoms with E-state index >= 15 is 0 Å². The van der Waals surface area contributed by atoms with Gasteiger partial charge in [-0.2, -0.15) is 4.31 Å². The number of aromatic nitrogens is 1. The van der Waals surface area contributed by atoms with E-state index in [1.54, 1.807) is 25.1 Å². The molecule has 1 amide bonds. The molecule has 0 unspecified atom stereocenters. The normalized spacial score (nSPS) is 18.5. The number of hydrogen-bond acceptors (Lipinski definition) is 10. The molecule has 240 valence electrons. The van der Waals surface area contributed by atoms with Crippen LogP contribution in [0.5, 0.6) is 11.5 Å². The first-order valence-corrected chi connectivity index (χ1v) is 16.9. The topological polar surface area (TPSA) is 169 Å². The molecule has 2 heterocycles. The second-order valence-corrected chi connectivity index (χ2v) is 14.6. The van der Waals surface area contributed by atoms with Gasteiger partial charge in [0.05, 0.1) is 37.6 Å². The number of ether oxygens (including phenoxy) is 2. The number of fused-ring (bicyclic) bond motifs is 1. The molecule has 44 heavy (non-hydrogen) atoms. The van der Waals surface area contributed by atoms with E-state index in [-0.39, 0.29) is 64.9 Å². The summed E-state index contributed by atoms with van der Waals surface area (Å²) in [6, 6.07) is 10.1. The number of carbonyl (C=O) groups excluding carboxylic acids is 1. The zero-order chi connectivity index (χ0) is 32.4. The van der Waals surface area contributed by atoms with Crippen molar-refractivity contribution in [3.05, 3.63) is 59.5 Å². The molecular weight excluding hydrogens is 612 g/mol. The molecule has 13 nitrogen and oxygen atoms in total. The monoisotopic (exact) mass is 650 g/mol. The predicted octanol–water partition coefficient (Wildman–Crippen LogP) is 2.57. The molecule has 3 aromatic rings. The van der Waals surface area contributed by atoms with Crippen molar-refractivity contribution in [3.63, 3.8) is 0 Å². The first kappa shape index (κ1) is 33.2. The molecule has 2 aromatic carbocycles. The summed E-state index contributed by atoms with van der Waals surface area (Å²) in [4.78, 5) is 15.1. The SMILES string of the molecule is COc1ccc(S(=O)(=O)N(C)C[C@H]2Oc3ccc(NS(=O)(=O)c4c(C)noc4C)cc3CC(=O)N([C@@H](C)CO)C[C@@H]2C)cc1. The van der Waals surface area contributed by atoms with Gasteiger partial charge in [-0.3, -0.25) is 9.52 Å². The second kappa shape index (κ2) is 13.1. The van der Waals surface area contributed by atoms with Gasteiger partial charge in [0.1, 0.15) is 23.3 Å². The van der Waals surface area contributed by atoms with Crippen molar-refractivity contribution in [2.45, 2.75) is 56.1 Å². The maximum atomic E-state index is 13.5. The first-order valence-electron chi connectivity index (χ1n) is 13.9. The Hall–Kier alpha value is -3.66. The van der Waals surface area contributed by atoms with Gasteiger partial charge >= 0.3 is 0 Å². The van der Waals surface area contributed by atoms with Gasteiger partial charge in [0.15, 0.2) is 10.7 Å². The highest BCUT2D eigenvalue weighted by Gasteiger charge is 2.34. The van der Waals surface area contributed by atoms with Crippen LogP contribution in [0.4, 0.5) is 5.69 Å². The van der Waals surface area contributed by atoms with Crippen LogP contribution in [-0.4, -0.2) is 88.2 Å². The van der Waals surface area contributed by atoms with Gasteiger partial charge in [-0.25, -0.2) is 16.8 Å². The average Bonchev–Trinajstić information content (AvgIpc) is 3.35. The van der Waals surface area contributed by atoms with E-state index in [1.165, 1.54) is 61.5 Å². The number of hydrogen-bond donors (Lipinski definition) is 2. The molecule has 1 aliphatic heterocycles. The Balaban J connectivity index is 1.68. The van der Waals surface area contributed by atoms with E-state index in [0.717, 1.165) is 0 Å². The van der Waals surface area contributed by atoms with Crippen molar-refractivity contribution in [1.82, 2.24) is 14.4 Å². The van der Waals surface area contributed by atoms with Gasteiger partial charge in [0, 0.05) is 30.8 Å². The lowest BCUT2D eigenvalue weighted by molar-refractivity contribution is -0.134. The molecule has 0 spiro atoms. The van der Waals surface area contributed by atoms with Crippen LogP contribution >= 0.6 is 0 Å². The molecule has 0 radical (unpaired) electrons. The van der Waals surface area contributed by atoms with Crippen LogP contribution in [0, 0.1) is 19.8 Å². The number of likely N-dealkylation sites (N-methyl/N-ethyl adjacent to an activating group) is 1. The van der Waals surface area contributed by atoms with E-state index in [0.29, 0.717) is 17.1 Å². The summed E-state index contributed by atoms with van der Waals surface area (Å²) >= 11 is 0. The Morgan fingerprint density at radius 2 is 1.84 bits per heavy atom. The molecule has 0 saturated carbocycles. The summed E-state index contributed by atoms with van der Waals surface area (Å²) in [5.41, 5.74) is 0.782. The maximum Gasteiger partial charge on any atom is 0.267 e. The lowest BCUT2D eigenvalue weighted by Crippen LogP contribution is -2.48. The fraction of sp³-hybridized carbons (Fsp3) is 0.448. The van der Waals surface area contributed by atoms with E-state index in [1.807, 2.05) is 6.92 Å². The molecule has 0 aliphatic carbocycles. The molecule has 4 rings (SSSR count). The third-order valence-corrected chi connectivity index (χ3v) is 11.1. The summed E-state index contributed by atoms with van der Waals surface area (Å²) in [7, 11) is -5.02. The third kappa shape index (κ3) is 7.01. The summed E-state index contributed by atoms with van der Waals surface area (Å²) < 4.78 is 73.4. The van der Waals surface area contributed by atoms with Crippen molar-refractivity contribution in [2.75, 3.05) is 38.6 Å². The quantitative estimate of drug-likeness (QED) is 0.333. The highest BCUT2D eigenvalue weighted by molar-refractivity contribution is 7.92. The van der Waals surface area contributed by atoms with Gasteiger partial charge in [-0.05, 0) is 63.2 Å². The van der Waals surface area contributed by atoms with Gasteiger partial charge in [-0.15, -0.1) is 0 Å². The molecule has 2 N–H and O–H groups in total. The number of nitrogens with zero attached hydrogens (tertiary/aromatic N) is 3. The number of rotatable bonds is 10. The predicted molar refractivity (Wildman–Crippen MR) is 162 cm³/mol. The zero-order valence-corrected chi connectivity index (χ0v) is 27.1. The van der Waals surface area contributed by atoms with Crippen LogP contribution in [0.15, 0.2) is 56.8 Å². The number of amides is 1. The number of aliphatic hydroxyl groups excluding tert-OH is 1. The van der Waals surface area contributed by atoms with E-state index < -0.39 is 32.2 Å². The Morgan fingerprint density at radius 3 is 2.43 bits per heavy atom. The van der Waals surface area contributed by atoms with E-state index in [4.69, 9.17) is 14.0 Å². The lowest BCUT2D eigenvalue weighted by atomic mass is 10.0. The van der Waals surface area contributed by atoms with Crippen LogP contribution in [-0.2, 0) is 31.3 Å². The van der Waals surface area contributed by atoms with Gasteiger partial charge in [0.2, 0.25) is 15.9 Å². The minimum Gasteiger partial charge on any atom is -0.497 e. The number of anilines is 1. The molecule has 0 fully saturated rings. The second-order valence-electron chi connectivity index (χ2n) is 10.9. The Bertz CT molecular complexity index is 1690. The molecule has 3 atom stereocenters. The van der Waals surface area contributed by atoms with Crippen LogP contribution in [0.2, 0.25) is 0 Å². The number of aliphatic hydroxyl groups is 1. The fourth-order valence-electron chi connectivity index (χ4n) is 5.05. The Labute approximate surface area is 257 Å². The summed E-state index contributed by atoms with van der Waals surface area (Å²) in [6.07, 6.45) is -0.851. The maximum absolute atomic E-state index is 13.5. The smallest absolute Gasteiger partial charge is 0.267 e. The molecule has 1 aliphatic rings. The number of nitrogens with one attached hydrogen (secondary N) is 1.